The molecule has 1 amide bonds. The van der Waals surface area contributed by atoms with Gasteiger partial charge >= 0.3 is 0 Å². The maximum atomic E-state index is 13.1. The number of halogens is 2. The minimum Gasteiger partial charge on any atom is -0.484 e. The zero-order valence-electron chi connectivity index (χ0n) is 13.5. The summed E-state index contributed by atoms with van der Waals surface area (Å²) in [6.45, 7) is -0.312. The number of anilines is 1. The number of nitrogens with zero attached hydrogens (tertiary/aromatic N) is 2. The summed E-state index contributed by atoms with van der Waals surface area (Å²) in [5.41, 5.74) is 1.03. The number of benzene rings is 2. The van der Waals surface area contributed by atoms with Crippen molar-refractivity contribution in [1.29, 1.82) is 0 Å². The van der Waals surface area contributed by atoms with E-state index in [4.69, 9.17) is 16.3 Å². The molecule has 27 heavy (non-hydrogen) atoms. The lowest BCUT2D eigenvalue weighted by molar-refractivity contribution is -0.384. The minimum atomic E-state index is -0.579. The lowest BCUT2D eigenvalue weighted by atomic mass is 10.1. The molecule has 1 heterocycles. The van der Waals surface area contributed by atoms with Gasteiger partial charge in [0.15, 0.2) is 11.7 Å². The fourth-order valence-electron chi connectivity index (χ4n) is 2.11. The molecule has 10 heteroatoms. The number of nitro groups is 1. The Kier molecular flexibility index (Phi) is 5.63. The van der Waals surface area contributed by atoms with Crippen molar-refractivity contribution in [1.82, 2.24) is 4.98 Å². The normalized spacial score (nSPS) is 10.4. The van der Waals surface area contributed by atoms with Gasteiger partial charge in [-0.05, 0) is 12.1 Å². The van der Waals surface area contributed by atoms with Crippen LogP contribution < -0.4 is 10.1 Å². The molecule has 3 aromatic rings. The second-order valence-electron chi connectivity index (χ2n) is 5.26. The zero-order valence-corrected chi connectivity index (χ0v) is 15.1. The van der Waals surface area contributed by atoms with Crippen LogP contribution in [-0.2, 0) is 4.79 Å². The summed E-state index contributed by atoms with van der Waals surface area (Å²) in [4.78, 5) is 26.6. The van der Waals surface area contributed by atoms with Crippen molar-refractivity contribution in [3.05, 3.63) is 68.8 Å². The standard InChI is InChI=1S/C17H11ClFN3O4S/c18-13-7-12(4-5-14(13)19)26-8-16(23)21-17-20-15(9-27-17)10-2-1-3-11(6-10)22(24)25/h1-7,9H,8H2,(H,20,21,23). The van der Waals surface area contributed by atoms with Gasteiger partial charge < -0.3 is 4.74 Å². The van der Waals surface area contributed by atoms with Crippen LogP contribution in [0.4, 0.5) is 15.2 Å². The third kappa shape index (κ3) is 4.78. The van der Waals surface area contributed by atoms with Crippen LogP contribution >= 0.6 is 22.9 Å². The second kappa shape index (κ2) is 8.11. The van der Waals surface area contributed by atoms with Gasteiger partial charge in [-0.2, -0.15) is 0 Å². The molecule has 7 nitrogen and oxygen atoms in total. The highest BCUT2D eigenvalue weighted by Crippen LogP contribution is 2.27. The van der Waals surface area contributed by atoms with E-state index < -0.39 is 16.6 Å². The number of hydrogen-bond acceptors (Lipinski definition) is 6. The highest BCUT2D eigenvalue weighted by molar-refractivity contribution is 7.14. The molecule has 0 saturated carbocycles. The van der Waals surface area contributed by atoms with Gasteiger partial charge in [0, 0.05) is 29.1 Å². The average molecular weight is 408 g/mol. The Morgan fingerprint density at radius 1 is 1.33 bits per heavy atom. The van der Waals surface area contributed by atoms with Crippen molar-refractivity contribution in [3.63, 3.8) is 0 Å². The van der Waals surface area contributed by atoms with E-state index in [0.29, 0.717) is 16.4 Å². The number of carbonyl (C=O) groups is 1. The molecule has 0 atom stereocenters. The number of carbonyl (C=O) groups excluding carboxylic acids is 1. The summed E-state index contributed by atoms with van der Waals surface area (Å²) in [7, 11) is 0. The van der Waals surface area contributed by atoms with Crippen molar-refractivity contribution < 1.29 is 18.8 Å². The highest BCUT2D eigenvalue weighted by Gasteiger charge is 2.12. The number of ether oxygens (including phenoxy) is 1. The lowest BCUT2D eigenvalue weighted by Crippen LogP contribution is -2.20. The number of nitrogens with one attached hydrogen (secondary N) is 1. The van der Waals surface area contributed by atoms with Gasteiger partial charge in [-0.3, -0.25) is 20.2 Å². The number of aromatic nitrogens is 1. The van der Waals surface area contributed by atoms with E-state index >= 15 is 0 Å². The van der Waals surface area contributed by atoms with Gasteiger partial charge in [-0.1, -0.05) is 23.7 Å². The monoisotopic (exact) mass is 407 g/mol. The van der Waals surface area contributed by atoms with E-state index in [-0.39, 0.29) is 23.1 Å². The Hall–Kier alpha value is -3.04. The van der Waals surface area contributed by atoms with Crippen LogP contribution in [0.2, 0.25) is 5.02 Å². The molecular formula is C17H11ClFN3O4S. The molecule has 0 aliphatic rings. The molecule has 1 aromatic heterocycles. The van der Waals surface area contributed by atoms with E-state index in [2.05, 4.69) is 10.3 Å². The number of nitro benzene ring substituents is 1. The van der Waals surface area contributed by atoms with Crippen molar-refractivity contribution in [3.8, 4) is 17.0 Å². The quantitative estimate of drug-likeness (QED) is 0.478. The van der Waals surface area contributed by atoms with Crippen molar-refractivity contribution in [2.45, 2.75) is 0 Å². The second-order valence-corrected chi connectivity index (χ2v) is 6.52. The first-order valence-electron chi connectivity index (χ1n) is 7.50. The fourth-order valence-corrected chi connectivity index (χ4v) is 3.02. The van der Waals surface area contributed by atoms with Crippen molar-refractivity contribution in [2.24, 2.45) is 0 Å². The van der Waals surface area contributed by atoms with Crippen LogP contribution in [0.15, 0.2) is 47.8 Å². The van der Waals surface area contributed by atoms with E-state index in [1.807, 2.05) is 0 Å². The Morgan fingerprint density at radius 3 is 2.89 bits per heavy atom. The van der Waals surface area contributed by atoms with Gasteiger partial charge in [0.1, 0.15) is 11.6 Å². The third-order valence-electron chi connectivity index (χ3n) is 3.36. The number of thiazole rings is 1. The average Bonchev–Trinajstić information content (AvgIpc) is 3.11. The molecule has 2 aromatic carbocycles. The maximum absolute atomic E-state index is 13.1. The van der Waals surface area contributed by atoms with E-state index in [1.165, 1.54) is 35.6 Å². The third-order valence-corrected chi connectivity index (χ3v) is 4.41. The Labute approximate surface area is 161 Å². The van der Waals surface area contributed by atoms with Crippen molar-refractivity contribution >= 4 is 39.7 Å². The minimum absolute atomic E-state index is 0.0440. The Bertz CT molecular complexity index is 1010. The van der Waals surface area contributed by atoms with Gasteiger partial charge in [-0.25, -0.2) is 9.37 Å². The molecule has 0 bridgehead atoms. The predicted octanol–water partition coefficient (Wildman–Crippen LogP) is 4.53. The van der Waals surface area contributed by atoms with Gasteiger partial charge in [0.2, 0.25) is 0 Å². The predicted molar refractivity (Wildman–Crippen MR) is 99.7 cm³/mol. The summed E-state index contributed by atoms with van der Waals surface area (Å²) < 4.78 is 18.3. The summed E-state index contributed by atoms with van der Waals surface area (Å²) >= 11 is 6.82. The molecule has 138 valence electrons. The molecule has 1 N–H and O–H groups in total. The topological polar surface area (TPSA) is 94.4 Å². The van der Waals surface area contributed by atoms with Crippen LogP contribution in [0, 0.1) is 15.9 Å². The van der Waals surface area contributed by atoms with Crippen LogP contribution in [0.3, 0.4) is 0 Å². The summed E-state index contributed by atoms with van der Waals surface area (Å²) in [5, 5.41) is 15.3. The van der Waals surface area contributed by atoms with E-state index in [0.717, 1.165) is 6.07 Å². The fraction of sp³-hybridized carbons (Fsp3) is 0.0588. The first-order chi connectivity index (χ1) is 12.9. The number of rotatable bonds is 6. The zero-order chi connectivity index (χ0) is 19.4. The summed E-state index contributed by atoms with van der Waals surface area (Å²) in [6, 6.07) is 9.81. The van der Waals surface area contributed by atoms with Gasteiger partial charge in [0.05, 0.1) is 15.6 Å². The Morgan fingerprint density at radius 2 is 2.15 bits per heavy atom. The molecule has 3 rings (SSSR count). The SMILES string of the molecule is O=C(COc1ccc(F)c(Cl)c1)Nc1nc(-c2cccc([N+](=O)[O-])c2)cs1. The van der Waals surface area contributed by atoms with E-state index in [9.17, 15) is 19.3 Å². The summed E-state index contributed by atoms with van der Waals surface area (Å²) in [6.07, 6.45) is 0. The lowest BCUT2D eigenvalue weighted by Gasteiger charge is -2.06. The Balaban J connectivity index is 1.61. The molecule has 0 aliphatic carbocycles. The summed E-state index contributed by atoms with van der Waals surface area (Å²) in [5.74, 6) is -0.784. The van der Waals surface area contributed by atoms with Crippen molar-refractivity contribution in [2.75, 3.05) is 11.9 Å². The molecular weight excluding hydrogens is 397 g/mol. The molecule has 0 fully saturated rings. The van der Waals surface area contributed by atoms with Crippen LogP contribution in [0.25, 0.3) is 11.3 Å². The number of hydrogen-bond donors (Lipinski definition) is 1. The highest BCUT2D eigenvalue weighted by atomic mass is 35.5. The first kappa shape index (κ1) is 18.7. The van der Waals surface area contributed by atoms with Crippen LogP contribution in [-0.4, -0.2) is 22.4 Å². The molecule has 0 radical (unpaired) electrons. The maximum Gasteiger partial charge on any atom is 0.270 e. The van der Waals surface area contributed by atoms with Gasteiger partial charge in [0.25, 0.3) is 11.6 Å². The molecule has 0 unspecified atom stereocenters. The smallest absolute Gasteiger partial charge is 0.270 e. The first-order valence-corrected chi connectivity index (χ1v) is 8.76. The molecule has 0 saturated heterocycles. The number of non-ortho nitro benzene ring substituents is 1. The number of amides is 1. The van der Waals surface area contributed by atoms with Gasteiger partial charge in [-0.15, -0.1) is 11.3 Å². The van der Waals surface area contributed by atoms with Crippen LogP contribution in [0.1, 0.15) is 0 Å². The molecule has 0 spiro atoms. The largest absolute Gasteiger partial charge is 0.484 e. The molecule has 0 aliphatic heterocycles. The van der Waals surface area contributed by atoms with E-state index in [1.54, 1.807) is 17.5 Å². The van der Waals surface area contributed by atoms with Crippen LogP contribution in [0.5, 0.6) is 5.75 Å².